The Morgan fingerprint density at radius 2 is 1.92 bits per heavy atom. The Morgan fingerprint density at radius 3 is 2.33 bits per heavy atom. The van der Waals surface area contributed by atoms with Gasteiger partial charge in [-0.1, -0.05) is 32.4 Å². The molecule has 0 aromatic carbocycles. The molecule has 0 saturated carbocycles. The molecule has 2 nitrogen and oxygen atoms in total. The van der Waals surface area contributed by atoms with Gasteiger partial charge in [-0.15, -0.1) is 0 Å². The Hall–Kier alpha value is -0.630. The van der Waals surface area contributed by atoms with Crippen LogP contribution in [0.1, 0.15) is 32.0 Å². The van der Waals surface area contributed by atoms with Crippen molar-refractivity contribution in [1.29, 1.82) is 0 Å². The largest absolute Gasteiger partial charge is 0.241 e. The van der Waals surface area contributed by atoms with Gasteiger partial charge in [-0.3, -0.25) is 0 Å². The van der Waals surface area contributed by atoms with Gasteiger partial charge in [-0.25, -0.2) is 9.97 Å². The van der Waals surface area contributed by atoms with Crippen molar-refractivity contribution in [3.8, 4) is 0 Å². The smallest absolute Gasteiger partial charge is 0.135 e. The van der Waals surface area contributed by atoms with E-state index in [0.29, 0.717) is 5.15 Å². The number of nitrogens with zero attached hydrogens (tertiary/aromatic N) is 2. The first kappa shape index (κ1) is 11.4. The maximum absolute atomic E-state index is 5.74. The third-order valence-corrected chi connectivity index (χ3v) is 1.84. The minimum absolute atomic E-state index is 0.562. The summed E-state index contributed by atoms with van der Waals surface area (Å²) in [7, 11) is 0. The summed E-state index contributed by atoms with van der Waals surface area (Å²) in [5.41, 5.74) is 2.02. The molecule has 1 heterocycles. The Morgan fingerprint density at radius 1 is 1.33 bits per heavy atom. The highest BCUT2D eigenvalue weighted by Gasteiger charge is 2.00. The number of hydrogen-bond donors (Lipinski definition) is 0. The zero-order chi connectivity index (χ0) is 9.56. The van der Waals surface area contributed by atoms with Gasteiger partial charge in [0, 0.05) is 11.3 Å². The van der Waals surface area contributed by atoms with Crippen LogP contribution in [0.2, 0.25) is 5.15 Å². The molecule has 0 bridgehead atoms. The second kappa shape index (κ2) is 5.95. The molecule has 0 radical (unpaired) electrons. The lowest BCUT2D eigenvalue weighted by atomic mass is 10.2. The molecule has 3 heteroatoms. The third-order valence-electron chi connectivity index (χ3n) is 1.46. The summed E-state index contributed by atoms with van der Waals surface area (Å²) in [6.07, 6.45) is 2.41. The predicted octanol–water partition coefficient (Wildman–Crippen LogP) is 3.03. The summed E-state index contributed by atoms with van der Waals surface area (Å²) in [5, 5.41) is 0.562. The standard InChI is InChI=1S/C7H9ClN2.C2H6/c1-3-6-5(2)7(8)10-4-9-6;1-2/h4H,3H2,1-2H3;1-2H3. The molecule has 0 aliphatic rings. The maximum atomic E-state index is 5.74. The minimum Gasteiger partial charge on any atom is -0.241 e. The van der Waals surface area contributed by atoms with Crippen LogP contribution in [0.15, 0.2) is 6.33 Å². The Kier molecular flexibility index (Phi) is 5.64. The van der Waals surface area contributed by atoms with Crippen molar-refractivity contribution in [2.75, 3.05) is 0 Å². The molecule has 12 heavy (non-hydrogen) atoms. The first-order valence-electron chi connectivity index (χ1n) is 4.21. The van der Waals surface area contributed by atoms with E-state index < -0.39 is 0 Å². The van der Waals surface area contributed by atoms with Gasteiger partial charge in [0.1, 0.15) is 11.5 Å². The zero-order valence-corrected chi connectivity index (χ0v) is 8.81. The first-order chi connectivity index (χ1) is 5.75. The van der Waals surface area contributed by atoms with Crippen molar-refractivity contribution in [3.63, 3.8) is 0 Å². The monoisotopic (exact) mass is 186 g/mol. The molecule has 0 fully saturated rings. The topological polar surface area (TPSA) is 25.8 Å². The van der Waals surface area contributed by atoms with E-state index in [-0.39, 0.29) is 0 Å². The summed E-state index contributed by atoms with van der Waals surface area (Å²) in [5.74, 6) is 0. The normalized spacial score (nSPS) is 8.75. The van der Waals surface area contributed by atoms with Crippen LogP contribution in [0.25, 0.3) is 0 Å². The lowest BCUT2D eigenvalue weighted by molar-refractivity contribution is 0.970. The van der Waals surface area contributed by atoms with Crippen molar-refractivity contribution in [2.45, 2.75) is 34.1 Å². The van der Waals surface area contributed by atoms with Gasteiger partial charge in [0.05, 0.1) is 0 Å². The second-order valence-corrected chi connectivity index (χ2v) is 2.45. The van der Waals surface area contributed by atoms with Crippen LogP contribution >= 0.6 is 11.6 Å². The van der Waals surface area contributed by atoms with Crippen LogP contribution in [-0.4, -0.2) is 9.97 Å². The first-order valence-corrected chi connectivity index (χ1v) is 4.59. The van der Waals surface area contributed by atoms with E-state index in [4.69, 9.17) is 11.6 Å². The van der Waals surface area contributed by atoms with Gasteiger partial charge in [0.25, 0.3) is 0 Å². The van der Waals surface area contributed by atoms with E-state index in [9.17, 15) is 0 Å². The zero-order valence-electron chi connectivity index (χ0n) is 8.06. The third kappa shape index (κ3) is 2.78. The summed E-state index contributed by atoms with van der Waals surface area (Å²) in [6.45, 7) is 7.98. The Labute approximate surface area is 79.0 Å². The maximum Gasteiger partial charge on any atom is 0.135 e. The summed E-state index contributed by atoms with van der Waals surface area (Å²) >= 11 is 5.74. The molecule has 1 aromatic heterocycles. The van der Waals surface area contributed by atoms with Crippen molar-refractivity contribution < 1.29 is 0 Å². The van der Waals surface area contributed by atoms with Gasteiger partial charge < -0.3 is 0 Å². The Balaban J connectivity index is 0.000000561. The molecule has 0 aliphatic heterocycles. The van der Waals surface area contributed by atoms with Crippen LogP contribution in [0, 0.1) is 6.92 Å². The van der Waals surface area contributed by atoms with E-state index in [2.05, 4.69) is 9.97 Å². The molecule has 0 saturated heterocycles. The number of hydrogen-bond acceptors (Lipinski definition) is 2. The average molecular weight is 187 g/mol. The SMILES string of the molecule is CC.CCc1ncnc(Cl)c1C. The molecule has 0 aliphatic carbocycles. The molecular formula is C9H15ClN2. The summed E-state index contributed by atoms with van der Waals surface area (Å²) in [4.78, 5) is 7.90. The molecule has 68 valence electrons. The number of aromatic nitrogens is 2. The molecule has 0 N–H and O–H groups in total. The predicted molar refractivity (Wildman–Crippen MR) is 52.5 cm³/mol. The van der Waals surface area contributed by atoms with Crippen molar-refractivity contribution in [2.24, 2.45) is 0 Å². The van der Waals surface area contributed by atoms with Crippen LogP contribution in [0.4, 0.5) is 0 Å². The number of aryl methyl sites for hydroxylation is 1. The van der Waals surface area contributed by atoms with Crippen LogP contribution in [0.3, 0.4) is 0 Å². The summed E-state index contributed by atoms with van der Waals surface area (Å²) < 4.78 is 0. The second-order valence-electron chi connectivity index (χ2n) is 2.09. The molecule has 0 spiro atoms. The fourth-order valence-electron chi connectivity index (χ4n) is 0.818. The molecule has 1 aromatic rings. The van der Waals surface area contributed by atoms with E-state index in [1.54, 1.807) is 0 Å². The minimum atomic E-state index is 0.562. The lowest BCUT2D eigenvalue weighted by Crippen LogP contribution is -1.93. The molecule has 0 atom stereocenters. The van der Waals surface area contributed by atoms with Crippen LogP contribution < -0.4 is 0 Å². The van der Waals surface area contributed by atoms with Crippen LogP contribution in [-0.2, 0) is 6.42 Å². The molecule has 1 rings (SSSR count). The highest BCUT2D eigenvalue weighted by Crippen LogP contribution is 2.13. The molecule has 0 unspecified atom stereocenters. The quantitative estimate of drug-likeness (QED) is 0.631. The van der Waals surface area contributed by atoms with E-state index >= 15 is 0 Å². The molecule has 0 amide bonds. The van der Waals surface area contributed by atoms with Gasteiger partial charge in [0.15, 0.2) is 0 Å². The van der Waals surface area contributed by atoms with Gasteiger partial charge in [-0.05, 0) is 13.3 Å². The van der Waals surface area contributed by atoms with E-state index in [1.807, 2.05) is 27.7 Å². The fourth-order valence-corrected chi connectivity index (χ4v) is 0.971. The highest BCUT2D eigenvalue weighted by molar-refractivity contribution is 6.30. The van der Waals surface area contributed by atoms with Gasteiger partial charge in [0.2, 0.25) is 0 Å². The van der Waals surface area contributed by atoms with Crippen molar-refractivity contribution in [3.05, 3.63) is 22.7 Å². The van der Waals surface area contributed by atoms with Crippen molar-refractivity contribution in [1.82, 2.24) is 9.97 Å². The number of halogens is 1. The van der Waals surface area contributed by atoms with Gasteiger partial charge >= 0.3 is 0 Å². The molecular weight excluding hydrogens is 172 g/mol. The fraction of sp³-hybridized carbons (Fsp3) is 0.556. The number of rotatable bonds is 1. The van der Waals surface area contributed by atoms with E-state index in [0.717, 1.165) is 17.7 Å². The summed E-state index contributed by atoms with van der Waals surface area (Å²) in [6, 6.07) is 0. The highest BCUT2D eigenvalue weighted by atomic mass is 35.5. The van der Waals surface area contributed by atoms with Crippen LogP contribution in [0.5, 0.6) is 0 Å². The van der Waals surface area contributed by atoms with Crippen molar-refractivity contribution >= 4 is 11.6 Å². The van der Waals surface area contributed by atoms with Gasteiger partial charge in [-0.2, -0.15) is 0 Å². The Bertz CT molecular complexity index is 236. The lowest BCUT2D eigenvalue weighted by Gasteiger charge is -2.00. The average Bonchev–Trinajstić information content (AvgIpc) is 2.13. The van der Waals surface area contributed by atoms with E-state index in [1.165, 1.54) is 6.33 Å².